The van der Waals surface area contributed by atoms with Gasteiger partial charge in [-0.15, -0.1) is 0 Å². The minimum Gasteiger partial charge on any atom is -0.496 e. The van der Waals surface area contributed by atoms with Crippen molar-refractivity contribution in [3.63, 3.8) is 0 Å². The average Bonchev–Trinajstić information content (AvgIpc) is 1.70. The van der Waals surface area contributed by atoms with Crippen molar-refractivity contribution in [1.82, 2.24) is 121 Å². The number of rotatable bonds is 27. The van der Waals surface area contributed by atoms with Crippen molar-refractivity contribution in [2.45, 2.75) is 92.3 Å². The minimum atomic E-state index is -0.527. The second-order valence-corrected chi connectivity index (χ2v) is 29.7. The van der Waals surface area contributed by atoms with Gasteiger partial charge in [-0.3, -0.25) is 58.3 Å². The number of carbonyl (C=O) groups is 4. The molecule has 4 amide bonds. The number of aromatic nitrogens is 20. The van der Waals surface area contributed by atoms with Gasteiger partial charge in [0.2, 0.25) is 0 Å². The Kier molecular flexibility index (Phi) is 27.1. The number of methoxy groups -OCH3 is 1. The SMILES string of the molecule is CC(C)NC(=O)COc1ccc(-c2nc(Cc3ccc4[nH]ncc4c3)n(C)n2)c(C#N)c1.CC(C)NC(=O)COc1ccc(-c2nc(Cc3ccc4[nH]ncc4c3)n(C)n2)c(F)c1.CCNC(=O)c1ccc(-c2nc(Cc3ccc4[nH]ncc4c3)n(C)n2)c(F)c1.COc1cc(OCC(=O)NC(C)C)ccc1-c1nc(Cc2ccc3[nH]ncc3c2)n(C)n1. The van der Waals surface area contributed by atoms with Crippen molar-refractivity contribution < 1.29 is 46.9 Å². The highest BCUT2D eigenvalue weighted by Gasteiger charge is 2.22. The predicted molar refractivity (Wildman–Crippen MR) is 457 cm³/mol. The highest BCUT2D eigenvalue weighted by Crippen LogP contribution is 2.34. The number of benzene rings is 8. The molecule has 123 heavy (non-hydrogen) atoms. The molecular formula is C88H91F2N25O8. The minimum absolute atomic E-state index is 0.0150. The first-order valence-corrected chi connectivity index (χ1v) is 39.4. The summed E-state index contributed by atoms with van der Waals surface area (Å²) in [6, 6.07) is 45.6. The van der Waals surface area contributed by atoms with E-state index in [9.17, 15) is 33.2 Å². The van der Waals surface area contributed by atoms with E-state index in [4.69, 9.17) is 23.9 Å². The zero-order chi connectivity index (χ0) is 87.0. The van der Waals surface area contributed by atoms with Crippen LogP contribution in [0, 0.1) is 23.0 Å². The molecule has 0 bridgehead atoms. The molecule has 630 valence electrons. The molecule has 16 rings (SSSR count). The van der Waals surface area contributed by atoms with E-state index in [0.717, 1.165) is 83.1 Å². The Morgan fingerprint density at radius 1 is 0.423 bits per heavy atom. The number of nitrogens with zero attached hydrogens (tertiary/aromatic N) is 17. The maximum Gasteiger partial charge on any atom is 0.258 e. The van der Waals surface area contributed by atoms with E-state index in [2.05, 4.69) is 122 Å². The van der Waals surface area contributed by atoms with Gasteiger partial charge in [-0.25, -0.2) is 28.7 Å². The van der Waals surface area contributed by atoms with Crippen LogP contribution in [0.3, 0.4) is 0 Å². The first-order valence-electron chi connectivity index (χ1n) is 39.4. The number of aromatic amines is 4. The molecule has 0 aliphatic carbocycles. The molecule has 0 fully saturated rings. The number of nitrogens with one attached hydrogen (secondary N) is 8. The predicted octanol–water partition coefficient (Wildman–Crippen LogP) is 11.4. The van der Waals surface area contributed by atoms with E-state index < -0.39 is 11.6 Å². The van der Waals surface area contributed by atoms with Crippen LogP contribution in [0.25, 0.3) is 89.2 Å². The van der Waals surface area contributed by atoms with Gasteiger partial charge in [-0.1, -0.05) is 24.3 Å². The molecule has 8 aromatic carbocycles. The number of aryl methyl sites for hydroxylation is 4. The quantitative estimate of drug-likeness (QED) is 0.0237. The highest BCUT2D eigenvalue weighted by molar-refractivity contribution is 5.94. The van der Waals surface area contributed by atoms with Crippen molar-refractivity contribution >= 4 is 67.2 Å². The summed E-state index contributed by atoms with van der Waals surface area (Å²) in [4.78, 5) is 65.6. The van der Waals surface area contributed by atoms with Crippen LogP contribution in [-0.4, -0.2) is 175 Å². The lowest BCUT2D eigenvalue weighted by Gasteiger charge is -2.11. The fourth-order valence-corrected chi connectivity index (χ4v) is 13.1. The number of hydrogen-bond donors (Lipinski definition) is 8. The fraction of sp³-hybridized carbons (Fsp3) is 0.261. The van der Waals surface area contributed by atoms with Crippen molar-refractivity contribution in [3.8, 4) is 74.6 Å². The molecule has 0 radical (unpaired) electrons. The summed E-state index contributed by atoms with van der Waals surface area (Å²) < 4.78 is 58.1. The lowest BCUT2D eigenvalue weighted by Crippen LogP contribution is -2.34. The number of amides is 4. The Morgan fingerprint density at radius 3 is 1.09 bits per heavy atom. The molecule has 0 atom stereocenters. The lowest BCUT2D eigenvalue weighted by molar-refractivity contribution is -0.124. The second kappa shape index (κ2) is 39.0. The first kappa shape index (κ1) is 85.5. The number of H-pyrrole nitrogens is 4. The zero-order valence-electron chi connectivity index (χ0n) is 69.7. The van der Waals surface area contributed by atoms with Gasteiger partial charge in [0.15, 0.2) is 43.1 Å². The average molecular weight is 1660 g/mol. The maximum absolute atomic E-state index is 14.7. The normalized spacial score (nSPS) is 11.1. The third-order valence-electron chi connectivity index (χ3n) is 19.1. The van der Waals surface area contributed by atoms with E-state index in [0.29, 0.717) is 95.5 Å². The van der Waals surface area contributed by atoms with Crippen LogP contribution in [-0.2, 0) is 68.3 Å². The largest absolute Gasteiger partial charge is 0.496 e. The first-order chi connectivity index (χ1) is 59.3. The maximum atomic E-state index is 14.7. The summed E-state index contributed by atoms with van der Waals surface area (Å²) in [6.45, 7) is 13.2. The molecule has 0 unspecified atom stereocenters. The van der Waals surface area contributed by atoms with E-state index in [-0.39, 0.29) is 84.0 Å². The lowest BCUT2D eigenvalue weighted by atomic mass is 10.1. The molecular weight excluding hydrogens is 1570 g/mol. The molecule has 0 saturated heterocycles. The molecule has 8 aromatic heterocycles. The molecule has 8 heterocycles. The third-order valence-corrected chi connectivity index (χ3v) is 19.1. The van der Waals surface area contributed by atoms with E-state index in [1.54, 1.807) is 107 Å². The van der Waals surface area contributed by atoms with Gasteiger partial charge in [0.25, 0.3) is 23.6 Å². The molecule has 16 aromatic rings. The number of carbonyl (C=O) groups excluding carboxylic acids is 4. The number of nitriles is 1. The van der Waals surface area contributed by atoms with Gasteiger partial charge in [0.05, 0.1) is 76.2 Å². The summed E-state index contributed by atoms with van der Waals surface area (Å²) in [7, 11) is 8.85. The second-order valence-electron chi connectivity index (χ2n) is 29.7. The van der Waals surface area contributed by atoms with E-state index in [1.807, 2.05) is 129 Å². The summed E-state index contributed by atoms with van der Waals surface area (Å²) in [5, 5.41) is 70.4. The van der Waals surface area contributed by atoms with Gasteiger partial charge in [0.1, 0.15) is 64.0 Å². The van der Waals surface area contributed by atoms with Crippen LogP contribution >= 0.6 is 0 Å². The molecule has 8 N–H and O–H groups in total. The number of halogens is 2. The molecule has 0 aliphatic heterocycles. The molecule has 0 saturated carbocycles. The Morgan fingerprint density at radius 2 is 0.748 bits per heavy atom. The van der Waals surface area contributed by atoms with Crippen LogP contribution in [0.1, 0.15) is 110 Å². The van der Waals surface area contributed by atoms with Crippen molar-refractivity contribution in [2.24, 2.45) is 28.2 Å². The molecule has 0 spiro atoms. The third kappa shape index (κ3) is 21.9. The number of fused-ring (bicyclic) bond motifs is 4. The number of hydrogen-bond acceptors (Lipinski definition) is 21. The Hall–Kier alpha value is -15.4. The Labute approximate surface area is 704 Å². The van der Waals surface area contributed by atoms with Crippen LogP contribution in [0.5, 0.6) is 23.0 Å². The number of ether oxygens (including phenoxy) is 4. The zero-order valence-corrected chi connectivity index (χ0v) is 69.7. The van der Waals surface area contributed by atoms with Gasteiger partial charge in [0, 0.05) is 123 Å². The van der Waals surface area contributed by atoms with E-state index >= 15 is 0 Å². The summed E-state index contributed by atoms with van der Waals surface area (Å²) in [5.41, 5.74) is 10.8. The van der Waals surface area contributed by atoms with Crippen LogP contribution < -0.4 is 40.2 Å². The summed E-state index contributed by atoms with van der Waals surface area (Å²) in [5.74, 6) is 4.46. The van der Waals surface area contributed by atoms with Crippen molar-refractivity contribution in [1.29, 1.82) is 5.26 Å². The smallest absolute Gasteiger partial charge is 0.258 e. The van der Waals surface area contributed by atoms with Gasteiger partial charge < -0.3 is 40.2 Å². The Balaban J connectivity index is 0.000000141. The summed E-state index contributed by atoms with van der Waals surface area (Å²) in [6.07, 6.45) is 9.48. The van der Waals surface area contributed by atoms with Crippen molar-refractivity contribution in [3.05, 3.63) is 239 Å². The van der Waals surface area contributed by atoms with Gasteiger partial charge >= 0.3 is 0 Å². The monoisotopic (exact) mass is 1660 g/mol. The topological polar surface area (TPSA) is 415 Å². The van der Waals surface area contributed by atoms with E-state index in [1.165, 1.54) is 18.2 Å². The molecule has 33 nitrogen and oxygen atoms in total. The Bertz CT molecular complexity index is 6500. The molecule has 35 heteroatoms. The summed E-state index contributed by atoms with van der Waals surface area (Å²) >= 11 is 0. The van der Waals surface area contributed by atoms with Crippen LogP contribution in [0.15, 0.2) is 170 Å². The van der Waals surface area contributed by atoms with Crippen LogP contribution in [0.4, 0.5) is 8.78 Å². The highest BCUT2D eigenvalue weighted by atomic mass is 19.1. The van der Waals surface area contributed by atoms with Gasteiger partial charge in [-0.2, -0.15) is 46.1 Å². The van der Waals surface area contributed by atoms with Gasteiger partial charge in [-0.05, 0) is 180 Å². The fourth-order valence-electron chi connectivity index (χ4n) is 13.1. The molecule has 0 aliphatic rings. The van der Waals surface area contributed by atoms with Crippen LogP contribution in [0.2, 0.25) is 0 Å². The standard InChI is InChI=1S/C23H23N7O2.C23H26N6O3.C22H23FN6O2.C20H19FN6O/c1-14(2)26-22(31)13-32-18-5-6-19(16(10-18)11-24)23-27-21(30(3)29-23)9-15-4-7-20-17(8-15)12-25-28-20;1-14(2)25-22(30)13-32-17-6-7-18(20(11-17)31-4)23-26-21(29(3)28-23)10-15-5-8-19-16(9-15)12-24-27-19;1-13(2)25-21(30)12-31-16-5-6-17(18(23)10-16)22-26-20(29(3)28-22)9-14-4-7-19-15(8-14)11-24-27-19;1-3-22-20(28)13-5-6-15(16(21)10-13)19-24-18(27(2)26-19)9-12-4-7-17-14(8-12)11-23-25-17/h4-8,10,12,14H,9,13H2,1-3H3,(H,25,28)(H,26,31);5-9,11-12,14H,10,13H2,1-4H3,(H,24,27)(H,25,30);4-8,10-11,13H,9,12H2,1-3H3,(H,24,27)(H,25,30);4-8,10-11H,3,9H2,1-2H3,(H,22,28)(H,23,25). The van der Waals surface area contributed by atoms with Crippen molar-refractivity contribution in [2.75, 3.05) is 33.5 Å².